The molecule has 0 radical (unpaired) electrons. The molecule has 27 heavy (non-hydrogen) atoms. The lowest BCUT2D eigenvalue weighted by atomic mass is 10.1. The number of carbonyl (C=O) groups excluding carboxylic acids is 2. The second kappa shape index (κ2) is 10.4. The Balaban J connectivity index is 1.84. The fraction of sp³-hybridized carbons (Fsp3) is 0.368. The van der Waals surface area contributed by atoms with Gasteiger partial charge in [-0.2, -0.15) is 0 Å². The van der Waals surface area contributed by atoms with E-state index in [0.717, 1.165) is 16.6 Å². The number of rotatable bonds is 9. The fourth-order valence-corrected chi connectivity index (χ4v) is 4.09. The van der Waals surface area contributed by atoms with E-state index < -0.39 is 16.9 Å². The SMILES string of the molecule is CCN(CC(=O)NCc1cccs1)C(=O)CSC(C)c1c(F)cccc1F. The van der Waals surface area contributed by atoms with Crippen LogP contribution in [0.5, 0.6) is 0 Å². The standard InChI is InChI=1S/C19H22F2N2O2S2/c1-3-23(11-17(24)22-10-14-6-5-9-26-14)18(25)12-27-13(2)19-15(20)7-4-8-16(19)21/h4-9,13H,3,10-12H2,1-2H3,(H,22,24). The molecular weight excluding hydrogens is 390 g/mol. The molecule has 0 aliphatic carbocycles. The van der Waals surface area contributed by atoms with Crippen molar-refractivity contribution in [3.8, 4) is 0 Å². The van der Waals surface area contributed by atoms with Crippen molar-refractivity contribution < 1.29 is 18.4 Å². The summed E-state index contributed by atoms with van der Waals surface area (Å²) in [6.45, 7) is 4.22. The van der Waals surface area contributed by atoms with Crippen LogP contribution in [-0.4, -0.2) is 35.6 Å². The van der Waals surface area contributed by atoms with Gasteiger partial charge in [0.05, 0.1) is 18.8 Å². The monoisotopic (exact) mass is 412 g/mol. The number of nitrogens with one attached hydrogen (secondary N) is 1. The molecule has 0 aliphatic heterocycles. The smallest absolute Gasteiger partial charge is 0.239 e. The number of carbonyl (C=O) groups is 2. The third-order valence-corrected chi connectivity index (χ3v) is 6.00. The maximum absolute atomic E-state index is 13.8. The number of benzene rings is 1. The van der Waals surface area contributed by atoms with Crippen LogP contribution in [0.2, 0.25) is 0 Å². The van der Waals surface area contributed by atoms with E-state index in [2.05, 4.69) is 5.32 Å². The summed E-state index contributed by atoms with van der Waals surface area (Å²) in [5.41, 5.74) is -0.0351. The number of thioether (sulfide) groups is 1. The lowest BCUT2D eigenvalue weighted by molar-refractivity contribution is -0.133. The van der Waals surface area contributed by atoms with Crippen molar-refractivity contribution >= 4 is 34.9 Å². The van der Waals surface area contributed by atoms with Crippen LogP contribution in [0.1, 0.15) is 29.5 Å². The fourth-order valence-electron chi connectivity index (χ4n) is 2.47. The lowest BCUT2D eigenvalue weighted by Gasteiger charge is -2.21. The summed E-state index contributed by atoms with van der Waals surface area (Å²) in [5.74, 6) is -1.68. The minimum atomic E-state index is -0.622. The Bertz CT molecular complexity index is 749. The van der Waals surface area contributed by atoms with Gasteiger partial charge in [-0.05, 0) is 37.4 Å². The molecule has 0 fully saturated rings. The van der Waals surface area contributed by atoms with Crippen LogP contribution in [0.3, 0.4) is 0 Å². The first kappa shape index (κ1) is 21.4. The first-order valence-electron chi connectivity index (χ1n) is 8.54. The van der Waals surface area contributed by atoms with Crippen molar-refractivity contribution in [2.45, 2.75) is 25.6 Å². The van der Waals surface area contributed by atoms with Crippen LogP contribution >= 0.6 is 23.1 Å². The van der Waals surface area contributed by atoms with Crippen molar-refractivity contribution in [1.29, 1.82) is 0 Å². The third-order valence-electron chi connectivity index (χ3n) is 3.97. The number of amides is 2. The zero-order chi connectivity index (χ0) is 19.8. The Morgan fingerprint density at radius 3 is 2.52 bits per heavy atom. The van der Waals surface area contributed by atoms with Crippen LogP contribution in [0.25, 0.3) is 0 Å². The van der Waals surface area contributed by atoms with Gasteiger partial charge in [-0.25, -0.2) is 8.78 Å². The number of thiophene rings is 1. The number of halogens is 2. The van der Waals surface area contributed by atoms with Crippen molar-refractivity contribution in [2.75, 3.05) is 18.8 Å². The Hall–Kier alpha value is -1.93. The molecule has 146 valence electrons. The highest BCUT2D eigenvalue weighted by Crippen LogP contribution is 2.32. The normalized spacial score (nSPS) is 11.9. The Morgan fingerprint density at radius 1 is 1.22 bits per heavy atom. The van der Waals surface area contributed by atoms with Crippen molar-refractivity contribution in [3.63, 3.8) is 0 Å². The molecule has 2 rings (SSSR count). The summed E-state index contributed by atoms with van der Waals surface area (Å²) in [4.78, 5) is 26.9. The second-order valence-corrected chi connectivity index (χ2v) is 8.21. The van der Waals surface area contributed by atoms with Crippen molar-refractivity contribution in [3.05, 3.63) is 57.8 Å². The van der Waals surface area contributed by atoms with Gasteiger partial charge < -0.3 is 10.2 Å². The Labute approximate surface area is 166 Å². The van der Waals surface area contributed by atoms with Crippen LogP contribution in [0.4, 0.5) is 8.78 Å². The molecule has 2 aromatic rings. The van der Waals surface area contributed by atoms with Gasteiger partial charge in [0.15, 0.2) is 0 Å². The predicted octanol–water partition coefficient (Wildman–Crippen LogP) is 3.99. The summed E-state index contributed by atoms with van der Waals surface area (Å²) in [5, 5.41) is 4.20. The largest absolute Gasteiger partial charge is 0.350 e. The van der Waals surface area contributed by atoms with E-state index >= 15 is 0 Å². The maximum atomic E-state index is 13.8. The number of hydrogen-bond acceptors (Lipinski definition) is 4. The van der Waals surface area contributed by atoms with E-state index in [9.17, 15) is 18.4 Å². The molecule has 4 nitrogen and oxygen atoms in total. The van der Waals surface area contributed by atoms with Gasteiger partial charge in [-0.3, -0.25) is 9.59 Å². The maximum Gasteiger partial charge on any atom is 0.239 e. The van der Waals surface area contributed by atoms with E-state index in [1.807, 2.05) is 17.5 Å². The first-order chi connectivity index (χ1) is 12.9. The van der Waals surface area contributed by atoms with Gasteiger partial charge in [-0.1, -0.05) is 12.1 Å². The molecule has 1 atom stereocenters. The third kappa shape index (κ3) is 6.32. The van der Waals surface area contributed by atoms with Gasteiger partial charge in [0.25, 0.3) is 0 Å². The highest BCUT2D eigenvalue weighted by atomic mass is 32.2. The highest BCUT2D eigenvalue weighted by molar-refractivity contribution is 8.00. The van der Waals surface area contributed by atoms with E-state index in [1.165, 1.54) is 23.1 Å². The quantitative estimate of drug-likeness (QED) is 0.678. The lowest BCUT2D eigenvalue weighted by Crippen LogP contribution is -2.41. The Morgan fingerprint density at radius 2 is 1.93 bits per heavy atom. The van der Waals surface area contributed by atoms with Gasteiger partial charge in [0, 0.05) is 22.2 Å². The van der Waals surface area contributed by atoms with E-state index in [-0.39, 0.29) is 29.7 Å². The van der Waals surface area contributed by atoms with Crippen molar-refractivity contribution in [2.24, 2.45) is 0 Å². The topological polar surface area (TPSA) is 49.4 Å². The van der Waals surface area contributed by atoms with Gasteiger partial charge >= 0.3 is 0 Å². The number of hydrogen-bond donors (Lipinski definition) is 1. The highest BCUT2D eigenvalue weighted by Gasteiger charge is 2.20. The molecule has 8 heteroatoms. The second-order valence-electron chi connectivity index (χ2n) is 5.85. The average Bonchev–Trinajstić information content (AvgIpc) is 3.16. The summed E-state index contributed by atoms with van der Waals surface area (Å²) >= 11 is 2.69. The molecule has 0 saturated carbocycles. The minimum absolute atomic E-state index is 0.0351. The van der Waals surface area contributed by atoms with Gasteiger partial charge in [-0.15, -0.1) is 23.1 Å². The number of likely N-dealkylation sites (N-methyl/N-ethyl adjacent to an activating group) is 1. The molecule has 0 aliphatic rings. The molecule has 1 heterocycles. The van der Waals surface area contributed by atoms with Crippen LogP contribution < -0.4 is 5.32 Å². The van der Waals surface area contributed by atoms with Crippen LogP contribution in [0, 0.1) is 11.6 Å². The summed E-state index contributed by atoms with van der Waals surface area (Å²) in [7, 11) is 0. The molecule has 0 bridgehead atoms. The Kier molecular flexibility index (Phi) is 8.24. The molecular formula is C19H22F2N2O2S2. The molecule has 1 N–H and O–H groups in total. The van der Waals surface area contributed by atoms with E-state index in [0.29, 0.717) is 13.1 Å². The zero-order valence-corrected chi connectivity index (χ0v) is 16.8. The molecule has 1 aromatic carbocycles. The summed E-state index contributed by atoms with van der Waals surface area (Å²) < 4.78 is 27.6. The molecule has 0 saturated heterocycles. The van der Waals surface area contributed by atoms with Gasteiger partial charge in [0.2, 0.25) is 11.8 Å². The van der Waals surface area contributed by atoms with Crippen LogP contribution in [-0.2, 0) is 16.1 Å². The summed E-state index contributed by atoms with van der Waals surface area (Å²) in [6, 6.07) is 7.55. The molecule has 1 aromatic heterocycles. The van der Waals surface area contributed by atoms with Gasteiger partial charge in [0.1, 0.15) is 11.6 Å². The van der Waals surface area contributed by atoms with Crippen molar-refractivity contribution in [1.82, 2.24) is 10.2 Å². The molecule has 2 amide bonds. The van der Waals surface area contributed by atoms with Crippen LogP contribution in [0.15, 0.2) is 35.7 Å². The summed E-state index contributed by atoms with van der Waals surface area (Å²) in [6.07, 6.45) is 0. The first-order valence-corrected chi connectivity index (χ1v) is 10.5. The predicted molar refractivity (Wildman–Crippen MR) is 106 cm³/mol. The molecule has 0 spiro atoms. The number of nitrogens with zero attached hydrogens (tertiary/aromatic N) is 1. The average molecular weight is 413 g/mol. The van der Waals surface area contributed by atoms with E-state index in [1.54, 1.807) is 25.2 Å². The zero-order valence-electron chi connectivity index (χ0n) is 15.2. The van der Waals surface area contributed by atoms with E-state index in [4.69, 9.17) is 0 Å². The molecule has 1 unspecified atom stereocenters. The minimum Gasteiger partial charge on any atom is -0.350 e.